The van der Waals surface area contributed by atoms with Crippen LogP contribution in [0.5, 0.6) is 11.6 Å². The minimum atomic E-state index is -0.514. The van der Waals surface area contributed by atoms with Crippen LogP contribution < -0.4 is 20.9 Å². The molecular formula is C27H25F2N5O3. The molecule has 10 heteroatoms. The monoisotopic (exact) mass is 505 g/mol. The number of anilines is 1. The van der Waals surface area contributed by atoms with Crippen LogP contribution in [-0.4, -0.2) is 33.5 Å². The molecule has 0 saturated carbocycles. The highest BCUT2D eigenvalue weighted by molar-refractivity contribution is 5.94. The van der Waals surface area contributed by atoms with Crippen LogP contribution in [0.2, 0.25) is 0 Å². The number of pyridine rings is 1. The molecule has 2 aromatic carbocycles. The molecule has 0 aliphatic carbocycles. The lowest BCUT2D eigenvalue weighted by Gasteiger charge is -2.17. The van der Waals surface area contributed by atoms with Crippen molar-refractivity contribution in [1.82, 2.24) is 19.9 Å². The minimum Gasteiger partial charge on any atom is -0.439 e. The van der Waals surface area contributed by atoms with Gasteiger partial charge in [-0.1, -0.05) is 0 Å². The number of likely N-dealkylation sites (N-methyl/N-ethyl adjacent to an activating group) is 1. The van der Waals surface area contributed by atoms with Crippen molar-refractivity contribution in [2.24, 2.45) is 0 Å². The van der Waals surface area contributed by atoms with Crippen LogP contribution in [0.1, 0.15) is 18.4 Å². The number of carbonyl (C=O) groups excluding carboxylic acids is 1. The topological polar surface area (TPSA) is 98.1 Å². The molecule has 4 aromatic rings. The number of hydrogen-bond acceptors (Lipinski definition) is 6. The summed E-state index contributed by atoms with van der Waals surface area (Å²) in [6.45, 7) is 3.37. The maximum Gasteiger partial charge on any atom is 0.275 e. The molecular weight excluding hydrogens is 480 g/mol. The molecule has 0 saturated heterocycles. The van der Waals surface area contributed by atoms with Gasteiger partial charge in [-0.25, -0.2) is 13.8 Å². The summed E-state index contributed by atoms with van der Waals surface area (Å²) >= 11 is 0. The van der Waals surface area contributed by atoms with E-state index in [0.717, 1.165) is 0 Å². The average molecular weight is 506 g/mol. The maximum absolute atomic E-state index is 13.6. The van der Waals surface area contributed by atoms with E-state index in [4.69, 9.17) is 4.74 Å². The lowest BCUT2D eigenvalue weighted by molar-refractivity contribution is -0.117. The highest BCUT2D eigenvalue weighted by Gasteiger charge is 2.17. The van der Waals surface area contributed by atoms with Gasteiger partial charge >= 0.3 is 0 Å². The number of aromatic nitrogens is 3. The van der Waals surface area contributed by atoms with Crippen LogP contribution in [0.4, 0.5) is 14.5 Å². The van der Waals surface area contributed by atoms with Crippen LogP contribution in [-0.2, 0) is 11.3 Å². The lowest BCUT2D eigenvalue weighted by Crippen LogP contribution is -2.37. The number of carbonyl (C=O) groups is 1. The van der Waals surface area contributed by atoms with Gasteiger partial charge in [0.2, 0.25) is 11.8 Å². The quantitative estimate of drug-likeness (QED) is 0.371. The van der Waals surface area contributed by atoms with E-state index in [2.05, 4.69) is 20.6 Å². The Balaban J connectivity index is 1.74. The molecule has 8 nitrogen and oxygen atoms in total. The standard InChI is InChI=1S/C27H25F2N5O3/c1-16(30-3)26(35)33-23-12-13-24(18-4-6-19(28)7-5-18)34(27(23)36)15-21-14-25(32-17(2)31-21)37-22-10-8-20(29)9-11-22/h4-14,16,30H,15H2,1-3H3,(H,33,35)/t16-/m0/s1. The summed E-state index contributed by atoms with van der Waals surface area (Å²) in [6, 6.07) is 15.5. The van der Waals surface area contributed by atoms with E-state index in [1.165, 1.54) is 47.0 Å². The Labute approximate surface area is 212 Å². The van der Waals surface area contributed by atoms with E-state index < -0.39 is 23.2 Å². The highest BCUT2D eigenvalue weighted by Crippen LogP contribution is 2.23. The van der Waals surface area contributed by atoms with Crippen molar-refractivity contribution < 1.29 is 18.3 Å². The molecule has 0 fully saturated rings. The fourth-order valence-corrected chi connectivity index (χ4v) is 3.59. The van der Waals surface area contributed by atoms with Gasteiger partial charge in [0.1, 0.15) is 28.9 Å². The number of nitrogens with zero attached hydrogens (tertiary/aromatic N) is 3. The van der Waals surface area contributed by atoms with Gasteiger partial charge < -0.3 is 19.9 Å². The Bertz CT molecular complexity index is 1470. The molecule has 2 heterocycles. The summed E-state index contributed by atoms with van der Waals surface area (Å²) in [7, 11) is 1.64. The normalized spacial score (nSPS) is 11.7. The Kier molecular flexibility index (Phi) is 7.69. The third-order valence-electron chi connectivity index (χ3n) is 5.62. The third kappa shape index (κ3) is 6.22. The second-order valence-corrected chi connectivity index (χ2v) is 8.33. The van der Waals surface area contributed by atoms with Gasteiger partial charge in [-0.2, -0.15) is 4.98 Å². The van der Waals surface area contributed by atoms with Gasteiger partial charge in [-0.3, -0.25) is 9.59 Å². The molecule has 1 atom stereocenters. The van der Waals surface area contributed by atoms with Crippen molar-refractivity contribution in [3.05, 3.63) is 100 Å². The smallest absolute Gasteiger partial charge is 0.275 e. The molecule has 0 radical (unpaired) electrons. The molecule has 1 amide bonds. The Morgan fingerprint density at radius 1 is 1.00 bits per heavy atom. The number of halogens is 2. The van der Waals surface area contributed by atoms with E-state index in [-0.39, 0.29) is 24.0 Å². The zero-order valence-corrected chi connectivity index (χ0v) is 20.5. The molecule has 0 bridgehead atoms. The lowest BCUT2D eigenvalue weighted by atomic mass is 10.1. The van der Waals surface area contributed by atoms with Crippen LogP contribution in [0.3, 0.4) is 0 Å². The second kappa shape index (κ2) is 11.1. The van der Waals surface area contributed by atoms with E-state index in [9.17, 15) is 18.4 Å². The first-order chi connectivity index (χ1) is 17.7. The van der Waals surface area contributed by atoms with Gasteiger partial charge in [-0.05, 0) is 87.1 Å². The predicted molar refractivity (Wildman–Crippen MR) is 136 cm³/mol. The Morgan fingerprint density at radius 3 is 2.30 bits per heavy atom. The SMILES string of the molecule is CN[C@@H](C)C(=O)Nc1ccc(-c2ccc(F)cc2)n(Cc2cc(Oc3ccc(F)cc3)nc(C)n2)c1=O. The first kappa shape index (κ1) is 25.6. The Hall–Kier alpha value is -4.44. The van der Waals surface area contributed by atoms with Gasteiger partial charge in [0, 0.05) is 6.07 Å². The number of ether oxygens (including phenoxy) is 1. The van der Waals surface area contributed by atoms with Crippen LogP contribution >= 0.6 is 0 Å². The van der Waals surface area contributed by atoms with Gasteiger partial charge in [-0.15, -0.1) is 0 Å². The number of rotatable bonds is 8. The first-order valence-corrected chi connectivity index (χ1v) is 11.5. The molecule has 2 N–H and O–H groups in total. The molecule has 0 unspecified atom stereocenters. The van der Waals surface area contributed by atoms with Gasteiger partial charge in [0.15, 0.2) is 0 Å². The summed E-state index contributed by atoms with van der Waals surface area (Å²) in [5, 5.41) is 5.48. The van der Waals surface area contributed by atoms with Crippen molar-refractivity contribution >= 4 is 11.6 Å². The van der Waals surface area contributed by atoms with Crippen molar-refractivity contribution in [2.45, 2.75) is 26.4 Å². The predicted octanol–water partition coefficient (Wildman–Crippen LogP) is 4.28. The molecule has 2 aromatic heterocycles. The Morgan fingerprint density at radius 2 is 1.65 bits per heavy atom. The number of benzene rings is 2. The maximum atomic E-state index is 13.6. The van der Waals surface area contributed by atoms with Gasteiger partial charge in [0.05, 0.1) is 24.0 Å². The van der Waals surface area contributed by atoms with E-state index in [0.29, 0.717) is 28.5 Å². The van der Waals surface area contributed by atoms with E-state index >= 15 is 0 Å². The molecule has 0 aliphatic heterocycles. The fraction of sp³-hybridized carbons (Fsp3) is 0.185. The molecule has 37 heavy (non-hydrogen) atoms. The number of hydrogen-bond donors (Lipinski definition) is 2. The van der Waals surface area contributed by atoms with Crippen molar-refractivity contribution in [3.63, 3.8) is 0 Å². The number of aryl methyl sites for hydroxylation is 1. The molecule has 0 aliphatic rings. The molecule has 0 spiro atoms. The number of nitrogens with one attached hydrogen (secondary N) is 2. The van der Waals surface area contributed by atoms with Crippen molar-refractivity contribution in [2.75, 3.05) is 12.4 Å². The van der Waals surface area contributed by atoms with Crippen LogP contribution in [0, 0.1) is 18.6 Å². The fourth-order valence-electron chi connectivity index (χ4n) is 3.59. The van der Waals surface area contributed by atoms with Crippen LogP contribution in [0.15, 0.2) is 71.5 Å². The summed E-state index contributed by atoms with van der Waals surface area (Å²) in [5.74, 6) is -0.158. The zero-order valence-electron chi connectivity index (χ0n) is 20.5. The van der Waals surface area contributed by atoms with Crippen molar-refractivity contribution in [1.29, 1.82) is 0 Å². The third-order valence-corrected chi connectivity index (χ3v) is 5.62. The van der Waals surface area contributed by atoms with Crippen molar-refractivity contribution in [3.8, 4) is 22.9 Å². The minimum absolute atomic E-state index is 0.0139. The highest BCUT2D eigenvalue weighted by atomic mass is 19.1. The molecule has 4 rings (SSSR count). The van der Waals surface area contributed by atoms with E-state index in [1.54, 1.807) is 45.2 Å². The van der Waals surface area contributed by atoms with Crippen LogP contribution in [0.25, 0.3) is 11.3 Å². The molecule has 190 valence electrons. The summed E-state index contributed by atoms with van der Waals surface area (Å²) in [4.78, 5) is 34.6. The summed E-state index contributed by atoms with van der Waals surface area (Å²) in [6.07, 6.45) is 0. The average Bonchev–Trinajstić information content (AvgIpc) is 2.87. The number of amides is 1. The van der Waals surface area contributed by atoms with E-state index in [1.807, 2.05) is 0 Å². The van der Waals surface area contributed by atoms with Gasteiger partial charge in [0.25, 0.3) is 5.56 Å². The first-order valence-electron chi connectivity index (χ1n) is 11.5. The second-order valence-electron chi connectivity index (χ2n) is 8.33. The summed E-state index contributed by atoms with van der Waals surface area (Å²) < 4.78 is 34.0. The zero-order chi connectivity index (χ0) is 26.5. The summed E-state index contributed by atoms with van der Waals surface area (Å²) in [5.41, 5.74) is 1.19. The largest absolute Gasteiger partial charge is 0.439 e.